The minimum atomic E-state index is -0.0344. The second-order valence-corrected chi connectivity index (χ2v) is 4.60. The van der Waals surface area contributed by atoms with Gasteiger partial charge in [0.2, 0.25) is 0 Å². The fourth-order valence-corrected chi connectivity index (χ4v) is 2.19. The van der Waals surface area contributed by atoms with Crippen LogP contribution in [0.25, 0.3) is 0 Å². The van der Waals surface area contributed by atoms with Gasteiger partial charge in [-0.15, -0.1) is 0 Å². The second-order valence-electron chi connectivity index (χ2n) is 4.16. The van der Waals surface area contributed by atoms with Crippen molar-refractivity contribution in [3.05, 3.63) is 28.8 Å². The summed E-state index contributed by atoms with van der Waals surface area (Å²) in [6.07, 6.45) is 1.88. The van der Waals surface area contributed by atoms with E-state index in [-0.39, 0.29) is 11.9 Å². The van der Waals surface area contributed by atoms with E-state index in [9.17, 15) is 4.79 Å². The van der Waals surface area contributed by atoms with Crippen molar-refractivity contribution in [1.82, 2.24) is 4.90 Å². The lowest BCUT2D eigenvalue weighted by Crippen LogP contribution is -2.36. The molecular formula is C13H19ClN2O. The summed E-state index contributed by atoms with van der Waals surface area (Å²) in [6, 6.07) is 5.20. The molecule has 0 bridgehead atoms. The standard InChI is InChI=1S/C13H19ClN2O/c1-4-12(5-2)16(3)13(17)9-6-10(14)8-11(15)7-9/h6-8,12H,4-5,15H2,1-3H3. The highest BCUT2D eigenvalue weighted by Crippen LogP contribution is 2.19. The van der Waals surface area contributed by atoms with Crippen molar-refractivity contribution in [2.75, 3.05) is 12.8 Å². The number of nitrogens with two attached hydrogens (primary N) is 1. The van der Waals surface area contributed by atoms with Crippen molar-refractivity contribution < 1.29 is 4.79 Å². The molecule has 1 aromatic rings. The highest BCUT2D eigenvalue weighted by molar-refractivity contribution is 6.31. The molecule has 0 saturated carbocycles. The number of halogens is 1. The zero-order chi connectivity index (χ0) is 13.0. The Balaban J connectivity index is 2.95. The summed E-state index contributed by atoms with van der Waals surface area (Å²) in [5.74, 6) is -0.0344. The van der Waals surface area contributed by atoms with Gasteiger partial charge in [0.15, 0.2) is 0 Å². The van der Waals surface area contributed by atoms with Crippen LogP contribution in [0.1, 0.15) is 37.0 Å². The number of hydrogen-bond donors (Lipinski definition) is 1. The Labute approximate surface area is 108 Å². The number of nitrogens with zero attached hydrogens (tertiary/aromatic N) is 1. The van der Waals surface area contributed by atoms with Crippen LogP contribution in [0.15, 0.2) is 18.2 Å². The normalized spacial score (nSPS) is 10.6. The van der Waals surface area contributed by atoms with E-state index in [1.54, 1.807) is 23.1 Å². The molecule has 0 aliphatic heterocycles. The van der Waals surface area contributed by atoms with Crippen LogP contribution < -0.4 is 5.73 Å². The molecule has 0 spiro atoms. The molecule has 0 aliphatic rings. The SMILES string of the molecule is CCC(CC)N(C)C(=O)c1cc(N)cc(Cl)c1. The van der Waals surface area contributed by atoms with Gasteiger partial charge in [-0.1, -0.05) is 25.4 Å². The number of nitrogen functional groups attached to an aromatic ring is 1. The molecule has 17 heavy (non-hydrogen) atoms. The fraction of sp³-hybridized carbons (Fsp3) is 0.462. The first-order chi connectivity index (χ1) is 7.99. The molecule has 94 valence electrons. The smallest absolute Gasteiger partial charge is 0.253 e. The maximum absolute atomic E-state index is 12.2. The lowest BCUT2D eigenvalue weighted by atomic mass is 10.1. The highest BCUT2D eigenvalue weighted by Gasteiger charge is 2.18. The van der Waals surface area contributed by atoms with Gasteiger partial charge in [0.25, 0.3) is 5.91 Å². The van der Waals surface area contributed by atoms with Crippen LogP contribution in [-0.4, -0.2) is 23.9 Å². The van der Waals surface area contributed by atoms with Gasteiger partial charge in [-0.25, -0.2) is 0 Å². The Morgan fingerprint density at radius 3 is 2.41 bits per heavy atom. The molecule has 1 aromatic carbocycles. The van der Waals surface area contributed by atoms with Crippen molar-refractivity contribution in [2.45, 2.75) is 32.7 Å². The van der Waals surface area contributed by atoms with Gasteiger partial charge in [-0.05, 0) is 31.0 Å². The largest absolute Gasteiger partial charge is 0.399 e. The molecular weight excluding hydrogens is 236 g/mol. The van der Waals surface area contributed by atoms with Crippen molar-refractivity contribution in [1.29, 1.82) is 0 Å². The summed E-state index contributed by atoms with van der Waals surface area (Å²) < 4.78 is 0. The van der Waals surface area contributed by atoms with Crippen LogP contribution in [0.5, 0.6) is 0 Å². The van der Waals surface area contributed by atoms with Crippen LogP contribution >= 0.6 is 11.6 Å². The van der Waals surface area contributed by atoms with Gasteiger partial charge in [0.1, 0.15) is 0 Å². The first-order valence-corrected chi connectivity index (χ1v) is 6.20. The molecule has 0 fully saturated rings. The van der Waals surface area contributed by atoms with Gasteiger partial charge in [-0.3, -0.25) is 4.79 Å². The second kappa shape index (κ2) is 5.92. The molecule has 0 radical (unpaired) electrons. The third kappa shape index (κ3) is 3.37. The third-order valence-corrected chi connectivity index (χ3v) is 3.20. The van der Waals surface area contributed by atoms with E-state index in [0.29, 0.717) is 16.3 Å². The topological polar surface area (TPSA) is 46.3 Å². The maximum atomic E-state index is 12.2. The first kappa shape index (κ1) is 13.8. The Morgan fingerprint density at radius 2 is 1.94 bits per heavy atom. The number of hydrogen-bond acceptors (Lipinski definition) is 2. The van der Waals surface area contributed by atoms with E-state index in [4.69, 9.17) is 17.3 Å². The molecule has 2 N–H and O–H groups in total. The average Bonchev–Trinajstić information content (AvgIpc) is 2.28. The van der Waals surface area contributed by atoms with Gasteiger partial charge in [0, 0.05) is 29.4 Å². The van der Waals surface area contributed by atoms with Crippen LogP contribution in [0.4, 0.5) is 5.69 Å². The van der Waals surface area contributed by atoms with Crippen molar-refractivity contribution in [3.8, 4) is 0 Å². The van der Waals surface area contributed by atoms with E-state index < -0.39 is 0 Å². The molecule has 0 saturated heterocycles. The van der Waals surface area contributed by atoms with Crippen molar-refractivity contribution in [3.63, 3.8) is 0 Å². The maximum Gasteiger partial charge on any atom is 0.253 e. The quantitative estimate of drug-likeness (QED) is 0.839. The van der Waals surface area contributed by atoms with E-state index in [1.807, 2.05) is 7.05 Å². The first-order valence-electron chi connectivity index (χ1n) is 5.82. The van der Waals surface area contributed by atoms with Gasteiger partial charge in [0.05, 0.1) is 0 Å². The van der Waals surface area contributed by atoms with Crippen LogP contribution in [0, 0.1) is 0 Å². The summed E-state index contributed by atoms with van der Waals surface area (Å²) in [4.78, 5) is 14.0. The lowest BCUT2D eigenvalue weighted by Gasteiger charge is -2.26. The number of anilines is 1. The van der Waals surface area contributed by atoms with Gasteiger partial charge < -0.3 is 10.6 Å². The number of rotatable bonds is 4. The molecule has 3 nitrogen and oxygen atoms in total. The van der Waals surface area contributed by atoms with Crippen molar-refractivity contribution >= 4 is 23.2 Å². The molecule has 0 aliphatic carbocycles. The molecule has 0 atom stereocenters. The Hall–Kier alpha value is -1.22. The number of benzene rings is 1. The number of carbonyl (C=O) groups excluding carboxylic acids is 1. The molecule has 4 heteroatoms. The summed E-state index contributed by atoms with van der Waals surface area (Å²) in [6.45, 7) is 4.15. The van der Waals surface area contributed by atoms with Gasteiger partial charge in [-0.2, -0.15) is 0 Å². The van der Waals surface area contributed by atoms with E-state index in [1.165, 1.54) is 0 Å². The summed E-state index contributed by atoms with van der Waals surface area (Å²) >= 11 is 5.90. The Bertz CT molecular complexity index is 382. The zero-order valence-corrected chi connectivity index (χ0v) is 11.3. The minimum Gasteiger partial charge on any atom is -0.399 e. The molecule has 0 heterocycles. The molecule has 0 aromatic heterocycles. The monoisotopic (exact) mass is 254 g/mol. The van der Waals surface area contributed by atoms with E-state index in [0.717, 1.165) is 12.8 Å². The van der Waals surface area contributed by atoms with Crippen molar-refractivity contribution in [2.24, 2.45) is 0 Å². The predicted molar refractivity (Wildman–Crippen MR) is 72.3 cm³/mol. The minimum absolute atomic E-state index is 0.0344. The number of amides is 1. The summed E-state index contributed by atoms with van der Waals surface area (Å²) in [5.41, 5.74) is 6.74. The fourth-order valence-electron chi connectivity index (χ4n) is 1.94. The van der Waals surface area contributed by atoms with E-state index >= 15 is 0 Å². The summed E-state index contributed by atoms with van der Waals surface area (Å²) in [5, 5.41) is 0.492. The van der Waals surface area contributed by atoms with Crippen LogP contribution in [0.2, 0.25) is 5.02 Å². The molecule has 1 rings (SSSR count). The molecule has 0 unspecified atom stereocenters. The van der Waals surface area contributed by atoms with Crippen LogP contribution in [0.3, 0.4) is 0 Å². The third-order valence-electron chi connectivity index (χ3n) is 2.98. The Kier molecular flexibility index (Phi) is 4.82. The van der Waals surface area contributed by atoms with Crippen LogP contribution in [-0.2, 0) is 0 Å². The Morgan fingerprint density at radius 1 is 1.35 bits per heavy atom. The lowest BCUT2D eigenvalue weighted by molar-refractivity contribution is 0.0724. The summed E-state index contributed by atoms with van der Waals surface area (Å²) in [7, 11) is 1.82. The molecule has 1 amide bonds. The number of carbonyl (C=O) groups is 1. The predicted octanol–water partition coefficient (Wildman–Crippen LogP) is 3.18. The van der Waals surface area contributed by atoms with E-state index in [2.05, 4.69) is 13.8 Å². The highest BCUT2D eigenvalue weighted by atomic mass is 35.5. The zero-order valence-electron chi connectivity index (χ0n) is 10.5. The van der Waals surface area contributed by atoms with Gasteiger partial charge >= 0.3 is 0 Å². The average molecular weight is 255 g/mol.